The summed E-state index contributed by atoms with van der Waals surface area (Å²) >= 11 is 7.64. The van der Waals surface area contributed by atoms with Crippen LogP contribution in [-0.2, 0) is 11.4 Å². The van der Waals surface area contributed by atoms with Crippen LogP contribution in [0.15, 0.2) is 82.8 Å². The van der Waals surface area contributed by atoms with Gasteiger partial charge >= 0.3 is 0 Å². The summed E-state index contributed by atoms with van der Waals surface area (Å²) in [7, 11) is 0. The SMILES string of the molecule is Cc1ccc(SCCC(=O)N/N=C\c2ccc(OCc3cccc(Cl)c3)cc2)cc1. The molecule has 0 fully saturated rings. The maximum atomic E-state index is 11.9. The van der Waals surface area contributed by atoms with Gasteiger partial charge in [-0.1, -0.05) is 41.4 Å². The van der Waals surface area contributed by atoms with Gasteiger partial charge in [-0.05, 0) is 66.6 Å². The Hall–Kier alpha value is -2.76. The normalized spacial score (nSPS) is 10.9. The van der Waals surface area contributed by atoms with Crippen LogP contribution >= 0.6 is 23.4 Å². The number of hydrogen-bond donors (Lipinski definition) is 1. The second kappa shape index (κ2) is 11.4. The number of benzene rings is 3. The Kier molecular flexibility index (Phi) is 8.36. The van der Waals surface area contributed by atoms with E-state index in [2.05, 4.69) is 41.7 Å². The minimum atomic E-state index is -0.104. The highest BCUT2D eigenvalue weighted by molar-refractivity contribution is 7.99. The van der Waals surface area contributed by atoms with Crippen molar-refractivity contribution in [2.24, 2.45) is 5.10 Å². The number of rotatable bonds is 9. The average Bonchev–Trinajstić information content (AvgIpc) is 2.75. The molecule has 0 radical (unpaired) electrons. The lowest BCUT2D eigenvalue weighted by Crippen LogP contribution is -2.17. The van der Waals surface area contributed by atoms with Crippen molar-refractivity contribution in [3.8, 4) is 5.75 Å². The average molecular weight is 439 g/mol. The monoisotopic (exact) mass is 438 g/mol. The van der Waals surface area contributed by atoms with Crippen molar-refractivity contribution in [3.05, 3.63) is 94.5 Å². The highest BCUT2D eigenvalue weighted by atomic mass is 35.5. The third kappa shape index (κ3) is 7.58. The number of ether oxygens (including phenoxy) is 1. The fraction of sp³-hybridized carbons (Fsp3) is 0.167. The summed E-state index contributed by atoms with van der Waals surface area (Å²) in [6, 6.07) is 23.4. The molecule has 0 spiro atoms. The van der Waals surface area contributed by atoms with Crippen molar-refractivity contribution in [2.45, 2.75) is 24.8 Å². The lowest BCUT2D eigenvalue weighted by atomic mass is 10.2. The smallest absolute Gasteiger partial charge is 0.240 e. The van der Waals surface area contributed by atoms with Gasteiger partial charge in [-0.15, -0.1) is 11.8 Å². The van der Waals surface area contributed by atoms with Crippen molar-refractivity contribution in [1.29, 1.82) is 0 Å². The molecule has 0 aliphatic rings. The van der Waals surface area contributed by atoms with E-state index in [9.17, 15) is 4.79 Å². The zero-order valence-corrected chi connectivity index (χ0v) is 18.2. The molecule has 6 heteroatoms. The molecule has 3 aromatic carbocycles. The van der Waals surface area contributed by atoms with Crippen molar-refractivity contribution in [1.82, 2.24) is 5.43 Å². The van der Waals surface area contributed by atoms with Crippen LogP contribution in [0.3, 0.4) is 0 Å². The third-order valence-electron chi connectivity index (χ3n) is 4.20. The molecule has 0 aliphatic carbocycles. The number of hydrazone groups is 1. The number of thioether (sulfide) groups is 1. The van der Waals surface area contributed by atoms with Crippen molar-refractivity contribution >= 4 is 35.5 Å². The Balaban J connectivity index is 1.38. The zero-order valence-electron chi connectivity index (χ0n) is 16.7. The third-order valence-corrected chi connectivity index (χ3v) is 5.45. The Bertz CT molecular complexity index is 989. The lowest BCUT2D eigenvalue weighted by molar-refractivity contribution is -0.120. The fourth-order valence-electron chi connectivity index (χ4n) is 2.57. The predicted octanol–water partition coefficient (Wildman–Crippen LogP) is 5.86. The Morgan fingerprint density at radius 3 is 2.60 bits per heavy atom. The molecule has 154 valence electrons. The van der Waals surface area contributed by atoms with E-state index in [1.54, 1.807) is 18.0 Å². The summed E-state index contributed by atoms with van der Waals surface area (Å²) in [6.07, 6.45) is 2.03. The Labute approximate surface area is 186 Å². The quantitative estimate of drug-likeness (QED) is 0.258. The first kappa shape index (κ1) is 21.9. The standard InChI is InChI=1S/C24H23ClN2O2S/c1-18-5-11-23(12-6-18)30-14-13-24(28)27-26-16-19-7-9-22(10-8-19)29-17-20-3-2-4-21(25)15-20/h2-12,15-16H,13-14,17H2,1H3,(H,27,28)/b26-16-. The molecule has 0 saturated carbocycles. The molecule has 0 aliphatic heterocycles. The molecule has 1 N–H and O–H groups in total. The molecule has 4 nitrogen and oxygen atoms in total. The number of carbonyl (C=O) groups excluding carboxylic acids is 1. The molecule has 0 unspecified atom stereocenters. The number of halogens is 1. The number of nitrogens with zero attached hydrogens (tertiary/aromatic N) is 1. The first-order valence-electron chi connectivity index (χ1n) is 9.57. The van der Waals surface area contributed by atoms with Crippen LogP contribution in [0.4, 0.5) is 0 Å². The molecule has 0 bridgehead atoms. The molecule has 0 heterocycles. The first-order valence-corrected chi connectivity index (χ1v) is 10.9. The van der Waals surface area contributed by atoms with E-state index >= 15 is 0 Å². The molecule has 1 amide bonds. The van der Waals surface area contributed by atoms with E-state index in [-0.39, 0.29) is 5.91 Å². The van der Waals surface area contributed by atoms with Gasteiger partial charge in [-0.3, -0.25) is 4.79 Å². The summed E-state index contributed by atoms with van der Waals surface area (Å²) in [5.74, 6) is 1.36. The van der Waals surface area contributed by atoms with E-state index in [1.165, 1.54) is 5.56 Å². The van der Waals surface area contributed by atoms with Crippen molar-refractivity contribution in [2.75, 3.05) is 5.75 Å². The number of aryl methyl sites for hydroxylation is 1. The summed E-state index contributed by atoms with van der Waals surface area (Å²) in [5.41, 5.74) is 5.68. The fourth-order valence-corrected chi connectivity index (χ4v) is 3.64. The summed E-state index contributed by atoms with van der Waals surface area (Å²) in [4.78, 5) is 13.1. The number of hydrogen-bond acceptors (Lipinski definition) is 4. The van der Waals surface area contributed by atoms with Gasteiger partial charge < -0.3 is 4.74 Å². The number of amides is 1. The van der Waals surface area contributed by atoms with Gasteiger partial charge in [0.1, 0.15) is 12.4 Å². The summed E-state index contributed by atoms with van der Waals surface area (Å²) in [6.45, 7) is 2.51. The van der Waals surface area contributed by atoms with Gasteiger partial charge in [0.25, 0.3) is 0 Å². The summed E-state index contributed by atoms with van der Waals surface area (Å²) in [5, 5.41) is 4.72. The molecule has 0 atom stereocenters. The van der Waals surface area contributed by atoms with Gasteiger partial charge in [0.15, 0.2) is 0 Å². The summed E-state index contributed by atoms with van der Waals surface area (Å²) < 4.78 is 5.76. The van der Waals surface area contributed by atoms with E-state index < -0.39 is 0 Å². The molecule has 3 aromatic rings. The maximum absolute atomic E-state index is 11.9. The highest BCUT2D eigenvalue weighted by Crippen LogP contribution is 2.19. The molecule has 0 saturated heterocycles. The minimum Gasteiger partial charge on any atom is -0.489 e. The largest absolute Gasteiger partial charge is 0.489 e. The predicted molar refractivity (Wildman–Crippen MR) is 124 cm³/mol. The van der Waals surface area contributed by atoms with Gasteiger partial charge in [0.05, 0.1) is 6.21 Å². The van der Waals surface area contributed by atoms with E-state index in [0.717, 1.165) is 21.8 Å². The first-order chi connectivity index (χ1) is 14.6. The van der Waals surface area contributed by atoms with E-state index in [4.69, 9.17) is 16.3 Å². The van der Waals surface area contributed by atoms with Gasteiger partial charge in [-0.2, -0.15) is 5.10 Å². The molecule has 30 heavy (non-hydrogen) atoms. The van der Waals surface area contributed by atoms with Crippen LogP contribution in [0.1, 0.15) is 23.1 Å². The number of nitrogens with one attached hydrogen (secondary N) is 1. The van der Waals surface area contributed by atoms with E-state index in [0.29, 0.717) is 23.8 Å². The van der Waals surface area contributed by atoms with Crippen LogP contribution in [0.25, 0.3) is 0 Å². The van der Waals surface area contributed by atoms with E-state index in [1.807, 2.05) is 48.5 Å². The molecule has 0 aromatic heterocycles. The Morgan fingerprint density at radius 2 is 1.87 bits per heavy atom. The number of carbonyl (C=O) groups is 1. The van der Waals surface area contributed by atoms with Crippen LogP contribution in [0.5, 0.6) is 5.75 Å². The molecular weight excluding hydrogens is 416 g/mol. The van der Waals surface area contributed by atoms with Crippen LogP contribution in [0.2, 0.25) is 5.02 Å². The molecular formula is C24H23ClN2O2S. The lowest BCUT2D eigenvalue weighted by Gasteiger charge is -2.06. The minimum absolute atomic E-state index is 0.104. The van der Waals surface area contributed by atoms with Crippen LogP contribution in [-0.4, -0.2) is 17.9 Å². The second-order valence-corrected chi connectivity index (χ2v) is 8.30. The van der Waals surface area contributed by atoms with Crippen LogP contribution in [0, 0.1) is 6.92 Å². The van der Waals surface area contributed by atoms with Crippen molar-refractivity contribution in [3.63, 3.8) is 0 Å². The highest BCUT2D eigenvalue weighted by Gasteiger charge is 2.01. The van der Waals surface area contributed by atoms with Gasteiger partial charge in [0.2, 0.25) is 5.91 Å². The zero-order chi connectivity index (χ0) is 21.2. The Morgan fingerprint density at radius 1 is 1.10 bits per heavy atom. The van der Waals surface area contributed by atoms with Gasteiger partial charge in [-0.25, -0.2) is 5.43 Å². The van der Waals surface area contributed by atoms with Crippen molar-refractivity contribution < 1.29 is 9.53 Å². The molecule has 3 rings (SSSR count). The van der Waals surface area contributed by atoms with Crippen LogP contribution < -0.4 is 10.2 Å². The topological polar surface area (TPSA) is 50.7 Å². The maximum Gasteiger partial charge on any atom is 0.240 e. The van der Waals surface area contributed by atoms with Gasteiger partial charge in [0, 0.05) is 22.1 Å². The second-order valence-electron chi connectivity index (χ2n) is 6.69.